The van der Waals surface area contributed by atoms with E-state index in [-0.39, 0.29) is 5.76 Å². The highest BCUT2D eigenvalue weighted by molar-refractivity contribution is 7.88. The molecule has 1 unspecified atom stereocenters. The van der Waals surface area contributed by atoms with Gasteiger partial charge in [-0.1, -0.05) is 31.8 Å². The number of rotatable bonds is 4. The van der Waals surface area contributed by atoms with Crippen molar-refractivity contribution in [2.45, 2.75) is 37.9 Å². The average Bonchev–Trinajstić information content (AvgIpc) is 2.29. The molecule has 0 saturated carbocycles. The van der Waals surface area contributed by atoms with Gasteiger partial charge in [0.25, 0.3) is 10.1 Å². The SMILES string of the molecule is C#CC1(S(=O)(=O)O)C=C[C@](C)(CCCC)C(O)=C1. The summed E-state index contributed by atoms with van der Waals surface area (Å²) in [5.74, 6) is 1.90. The smallest absolute Gasteiger partial charge is 0.289 e. The Morgan fingerprint density at radius 1 is 1.44 bits per heavy atom. The van der Waals surface area contributed by atoms with Gasteiger partial charge in [-0.05, 0) is 25.5 Å². The lowest BCUT2D eigenvalue weighted by atomic mass is 9.77. The van der Waals surface area contributed by atoms with E-state index < -0.39 is 20.3 Å². The zero-order valence-electron chi connectivity index (χ0n) is 10.5. The minimum Gasteiger partial charge on any atom is -0.512 e. The average molecular weight is 270 g/mol. The van der Waals surface area contributed by atoms with Gasteiger partial charge in [-0.2, -0.15) is 8.42 Å². The third kappa shape index (κ3) is 2.45. The van der Waals surface area contributed by atoms with Crippen LogP contribution in [0.4, 0.5) is 0 Å². The van der Waals surface area contributed by atoms with Crippen LogP contribution in [0.1, 0.15) is 33.1 Å². The minimum atomic E-state index is -4.50. The standard InChI is InChI=1S/C13H18O4S/c1-4-6-7-12(3)8-9-13(5-2,10-11(12)14)18(15,16)17/h2,8-10,14H,4,6-7H2,1,3H3,(H,15,16,17)/t12-,13?/m0/s1. The molecule has 2 atom stereocenters. The number of terminal acetylenes is 1. The fraction of sp³-hybridized carbons (Fsp3) is 0.538. The second-order valence-electron chi connectivity index (χ2n) is 4.80. The van der Waals surface area contributed by atoms with Crippen molar-refractivity contribution in [1.82, 2.24) is 0 Å². The molecule has 0 fully saturated rings. The molecular formula is C13H18O4S. The molecule has 2 N–H and O–H groups in total. The third-order valence-corrected chi connectivity index (χ3v) is 4.56. The molecule has 4 nitrogen and oxygen atoms in total. The van der Waals surface area contributed by atoms with E-state index in [1.54, 1.807) is 13.0 Å². The highest BCUT2D eigenvalue weighted by Crippen LogP contribution is 2.40. The second kappa shape index (κ2) is 4.79. The zero-order chi connectivity index (χ0) is 14.0. The van der Waals surface area contributed by atoms with Crippen molar-refractivity contribution in [2.24, 2.45) is 5.41 Å². The van der Waals surface area contributed by atoms with Gasteiger partial charge >= 0.3 is 0 Å². The van der Waals surface area contributed by atoms with Crippen LogP contribution in [0.3, 0.4) is 0 Å². The molecule has 5 heteroatoms. The number of hydrogen-bond acceptors (Lipinski definition) is 3. The van der Waals surface area contributed by atoms with Crippen LogP contribution in [0.2, 0.25) is 0 Å². The summed E-state index contributed by atoms with van der Waals surface area (Å²) in [6.45, 7) is 3.83. The van der Waals surface area contributed by atoms with Crippen LogP contribution in [-0.4, -0.2) is 22.8 Å². The zero-order valence-corrected chi connectivity index (χ0v) is 11.4. The Morgan fingerprint density at radius 2 is 2.06 bits per heavy atom. The van der Waals surface area contributed by atoms with Crippen LogP contribution < -0.4 is 0 Å². The first-order valence-electron chi connectivity index (χ1n) is 5.78. The molecule has 1 aliphatic carbocycles. The van der Waals surface area contributed by atoms with Crippen LogP contribution in [0.25, 0.3) is 0 Å². The quantitative estimate of drug-likeness (QED) is 0.467. The largest absolute Gasteiger partial charge is 0.512 e. The van der Waals surface area contributed by atoms with Gasteiger partial charge in [0, 0.05) is 5.41 Å². The summed E-state index contributed by atoms with van der Waals surface area (Å²) in [7, 11) is -4.50. The Kier molecular flexibility index (Phi) is 3.94. The van der Waals surface area contributed by atoms with Crippen molar-refractivity contribution in [1.29, 1.82) is 0 Å². The van der Waals surface area contributed by atoms with Gasteiger partial charge in [0.05, 0.1) is 0 Å². The summed E-state index contributed by atoms with van der Waals surface area (Å²) in [5, 5.41) is 10.0. The molecule has 0 radical (unpaired) electrons. The van der Waals surface area contributed by atoms with Crippen molar-refractivity contribution in [2.75, 3.05) is 0 Å². The summed E-state index contributed by atoms with van der Waals surface area (Å²) in [6, 6.07) is 0. The van der Waals surface area contributed by atoms with Gasteiger partial charge in [0.15, 0.2) is 4.75 Å². The van der Waals surface area contributed by atoms with Crippen molar-refractivity contribution in [3.05, 3.63) is 24.0 Å². The number of aliphatic hydroxyl groups is 1. The molecule has 1 aliphatic rings. The summed E-state index contributed by atoms with van der Waals surface area (Å²) >= 11 is 0. The van der Waals surface area contributed by atoms with Crippen LogP contribution in [0, 0.1) is 17.8 Å². The van der Waals surface area contributed by atoms with E-state index in [0.717, 1.165) is 18.9 Å². The molecule has 0 amide bonds. The maximum absolute atomic E-state index is 11.3. The predicted molar refractivity (Wildman–Crippen MR) is 70.6 cm³/mol. The van der Waals surface area contributed by atoms with E-state index in [9.17, 15) is 18.1 Å². The van der Waals surface area contributed by atoms with Gasteiger partial charge in [-0.15, -0.1) is 6.42 Å². The minimum absolute atomic E-state index is 0.117. The van der Waals surface area contributed by atoms with Gasteiger partial charge in [0.1, 0.15) is 5.76 Å². The normalized spacial score (nSPS) is 31.8. The molecule has 0 aromatic heterocycles. The molecule has 100 valence electrons. The Morgan fingerprint density at radius 3 is 2.44 bits per heavy atom. The van der Waals surface area contributed by atoms with Crippen LogP contribution in [0.15, 0.2) is 24.0 Å². The molecule has 0 aromatic rings. The molecule has 0 saturated heterocycles. The molecule has 0 aromatic carbocycles. The molecule has 0 heterocycles. The maximum atomic E-state index is 11.3. The summed E-state index contributed by atoms with van der Waals surface area (Å²) in [6.07, 6.45) is 11.6. The molecular weight excluding hydrogens is 252 g/mol. The summed E-state index contributed by atoms with van der Waals surface area (Å²) in [5.41, 5.74) is -0.624. The summed E-state index contributed by atoms with van der Waals surface area (Å²) < 4.78 is 29.9. The monoisotopic (exact) mass is 270 g/mol. The van der Waals surface area contributed by atoms with Crippen molar-refractivity contribution in [3.63, 3.8) is 0 Å². The molecule has 1 rings (SSSR count). The Balaban J connectivity index is 3.19. The second-order valence-corrected chi connectivity index (χ2v) is 6.42. The number of aliphatic hydroxyl groups excluding tert-OH is 1. The number of unbranched alkanes of at least 4 members (excludes halogenated alkanes) is 1. The van der Waals surface area contributed by atoms with Gasteiger partial charge in [0.2, 0.25) is 0 Å². The van der Waals surface area contributed by atoms with E-state index in [4.69, 9.17) is 6.42 Å². The van der Waals surface area contributed by atoms with Crippen LogP contribution >= 0.6 is 0 Å². The molecule has 0 spiro atoms. The van der Waals surface area contributed by atoms with Gasteiger partial charge in [-0.3, -0.25) is 4.55 Å². The van der Waals surface area contributed by atoms with Gasteiger partial charge in [-0.25, -0.2) is 0 Å². The van der Waals surface area contributed by atoms with Crippen LogP contribution in [0.5, 0.6) is 0 Å². The number of hydrogen-bond donors (Lipinski definition) is 2. The lowest BCUT2D eigenvalue weighted by molar-refractivity contribution is 0.261. The van der Waals surface area contributed by atoms with Crippen LogP contribution in [-0.2, 0) is 10.1 Å². The predicted octanol–water partition coefficient (Wildman–Crippen LogP) is 2.45. The highest BCUT2D eigenvalue weighted by Gasteiger charge is 2.43. The van der Waals surface area contributed by atoms with Gasteiger partial charge < -0.3 is 5.11 Å². The first-order chi connectivity index (χ1) is 8.21. The van der Waals surface area contributed by atoms with E-state index in [1.165, 1.54) is 6.08 Å². The highest BCUT2D eigenvalue weighted by atomic mass is 32.2. The lowest BCUT2D eigenvalue weighted by Crippen LogP contribution is -2.37. The molecule has 0 bridgehead atoms. The number of allylic oxidation sites excluding steroid dienone is 1. The van der Waals surface area contributed by atoms with Crippen molar-refractivity contribution >= 4 is 10.1 Å². The fourth-order valence-corrected chi connectivity index (χ4v) is 2.54. The fourth-order valence-electron chi connectivity index (χ4n) is 1.89. The molecule has 0 aliphatic heterocycles. The first kappa shape index (κ1) is 14.8. The molecule has 18 heavy (non-hydrogen) atoms. The Bertz CT molecular complexity index is 524. The van der Waals surface area contributed by atoms with E-state index >= 15 is 0 Å². The Hall–Kier alpha value is -1.25. The van der Waals surface area contributed by atoms with E-state index in [0.29, 0.717) is 6.42 Å². The Labute approximate surface area is 108 Å². The van der Waals surface area contributed by atoms with Crippen molar-refractivity contribution < 1.29 is 18.1 Å². The van der Waals surface area contributed by atoms with E-state index in [1.807, 2.05) is 12.8 Å². The lowest BCUT2D eigenvalue weighted by Gasteiger charge is -2.32. The third-order valence-electron chi connectivity index (χ3n) is 3.34. The maximum Gasteiger partial charge on any atom is 0.289 e. The van der Waals surface area contributed by atoms with E-state index in [2.05, 4.69) is 0 Å². The first-order valence-corrected chi connectivity index (χ1v) is 7.22. The topological polar surface area (TPSA) is 74.6 Å². The summed E-state index contributed by atoms with van der Waals surface area (Å²) in [4.78, 5) is 0. The van der Waals surface area contributed by atoms with Crippen molar-refractivity contribution in [3.8, 4) is 12.3 Å².